The van der Waals surface area contributed by atoms with Gasteiger partial charge in [-0.05, 0) is 42.0 Å². The minimum atomic E-state index is -1.26. The zero-order valence-corrected chi connectivity index (χ0v) is 18.9. The van der Waals surface area contributed by atoms with Gasteiger partial charge in [-0.25, -0.2) is 9.59 Å². The molecule has 0 aromatic heterocycles. The topological polar surface area (TPSA) is 125 Å². The Morgan fingerprint density at radius 2 is 1.62 bits per heavy atom. The number of hydrogen-bond donors (Lipinski definition) is 3. The van der Waals surface area contributed by atoms with E-state index in [-0.39, 0.29) is 25.6 Å². The highest BCUT2D eigenvalue weighted by molar-refractivity contribution is 5.91. The van der Waals surface area contributed by atoms with Crippen LogP contribution in [0.25, 0.3) is 11.1 Å². The number of rotatable bonds is 7. The summed E-state index contributed by atoms with van der Waals surface area (Å²) in [6.07, 6.45) is 0.221. The van der Waals surface area contributed by atoms with Crippen LogP contribution in [0.4, 0.5) is 4.79 Å². The Balaban J connectivity index is 1.24. The number of carbonyl (C=O) groups is 4. The van der Waals surface area contributed by atoms with Gasteiger partial charge in [-0.3, -0.25) is 9.59 Å². The van der Waals surface area contributed by atoms with E-state index in [9.17, 15) is 24.3 Å². The number of carboxylic acids is 1. The molecule has 0 saturated carbocycles. The van der Waals surface area contributed by atoms with Crippen LogP contribution < -0.4 is 10.6 Å². The lowest BCUT2D eigenvalue weighted by Gasteiger charge is -2.31. The van der Waals surface area contributed by atoms with Crippen LogP contribution in [-0.4, -0.2) is 65.7 Å². The first-order chi connectivity index (χ1) is 16.3. The van der Waals surface area contributed by atoms with Crippen molar-refractivity contribution in [2.75, 3.05) is 26.2 Å². The number of benzene rings is 2. The van der Waals surface area contributed by atoms with Gasteiger partial charge < -0.3 is 25.4 Å². The van der Waals surface area contributed by atoms with E-state index in [1.54, 1.807) is 0 Å². The molecule has 2 aliphatic rings. The van der Waals surface area contributed by atoms with Gasteiger partial charge in [0.25, 0.3) is 0 Å². The third-order valence-corrected chi connectivity index (χ3v) is 6.58. The number of aliphatic carboxylic acids is 1. The highest BCUT2D eigenvalue weighted by Gasteiger charge is 2.45. The standard InChI is InChI=1S/C25H27N3O6/c1-25(23(31)32)11-6-12-28(25)22(30)14-26-21(29)13-27-24(33)34-15-20-18-9-4-2-7-16(18)17-8-3-5-10-19(17)20/h2-5,7-10,20H,6,11-15H2,1H3,(H,26,29)(H,27,33)(H,31,32)/t25-/m0/s1. The van der Waals surface area contributed by atoms with Gasteiger partial charge >= 0.3 is 12.1 Å². The van der Waals surface area contributed by atoms with Crippen LogP contribution in [0.1, 0.15) is 36.8 Å². The summed E-state index contributed by atoms with van der Waals surface area (Å²) in [5, 5.41) is 14.2. The third kappa shape index (κ3) is 4.46. The van der Waals surface area contributed by atoms with Crippen LogP contribution in [0, 0.1) is 0 Å². The van der Waals surface area contributed by atoms with E-state index in [0.717, 1.165) is 22.3 Å². The summed E-state index contributed by atoms with van der Waals surface area (Å²) in [7, 11) is 0. The monoisotopic (exact) mass is 465 g/mol. The first kappa shape index (κ1) is 23.3. The molecule has 1 aliphatic heterocycles. The van der Waals surface area contributed by atoms with Crippen LogP contribution >= 0.6 is 0 Å². The molecule has 2 aromatic carbocycles. The molecule has 1 saturated heterocycles. The van der Waals surface area contributed by atoms with Crippen LogP contribution in [0.5, 0.6) is 0 Å². The Hall–Kier alpha value is -3.88. The van der Waals surface area contributed by atoms with E-state index >= 15 is 0 Å². The van der Waals surface area contributed by atoms with Crippen molar-refractivity contribution in [3.05, 3.63) is 59.7 Å². The van der Waals surface area contributed by atoms with E-state index in [1.165, 1.54) is 11.8 Å². The normalized spacial score (nSPS) is 18.7. The molecule has 9 heteroatoms. The number of amides is 3. The van der Waals surface area contributed by atoms with Crippen molar-refractivity contribution in [2.45, 2.75) is 31.2 Å². The second-order valence-electron chi connectivity index (χ2n) is 8.68. The molecule has 0 unspecified atom stereocenters. The van der Waals surface area contributed by atoms with Crippen LogP contribution in [0.2, 0.25) is 0 Å². The quantitative estimate of drug-likeness (QED) is 0.575. The summed E-state index contributed by atoms with van der Waals surface area (Å²) in [4.78, 5) is 49.4. The molecule has 0 radical (unpaired) electrons. The molecule has 3 amide bonds. The maximum Gasteiger partial charge on any atom is 0.407 e. The van der Waals surface area contributed by atoms with Gasteiger partial charge in [0.2, 0.25) is 11.8 Å². The molecule has 1 aliphatic carbocycles. The van der Waals surface area contributed by atoms with Gasteiger partial charge in [0.05, 0.1) is 6.54 Å². The van der Waals surface area contributed by atoms with Crippen molar-refractivity contribution in [3.63, 3.8) is 0 Å². The summed E-state index contributed by atoms with van der Waals surface area (Å²) in [5.74, 6) is -2.20. The summed E-state index contributed by atoms with van der Waals surface area (Å²) >= 11 is 0. The van der Waals surface area contributed by atoms with Gasteiger partial charge in [0.15, 0.2) is 0 Å². The average Bonchev–Trinajstić information content (AvgIpc) is 3.39. The number of hydrogen-bond acceptors (Lipinski definition) is 5. The minimum absolute atomic E-state index is 0.0893. The zero-order valence-electron chi connectivity index (χ0n) is 18.9. The maximum atomic E-state index is 12.4. The zero-order chi connectivity index (χ0) is 24.3. The predicted molar refractivity (Wildman–Crippen MR) is 123 cm³/mol. The van der Waals surface area contributed by atoms with E-state index in [4.69, 9.17) is 4.74 Å². The highest BCUT2D eigenvalue weighted by Crippen LogP contribution is 2.44. The molecule has 4 rings (SSSR count). The molecule has 2 aromatic rings. The van der Waals surface area contributed by atoms with E-state index in [2.05, 4.69) is 10.6 Å². The molecule has 9 nitrogen and oxygen atoms in total. The van der Waals surface area contributed by atoms with Crippen molar-refractivity contribution < 1.29 is 29.0 Å². The predicted octanol–water partition coefficient (Wildman–Crippen LogP) is 2.11. The Morgan fingerprint density at radius 1 is 1.00 bits per heavy atom. The maximum absolute atomic E-state index is 12.4. The number of carbonyl (C=O) groups excluding carboxylic acids is 3. The smallest absolute Gasteiger partial charge is 0.407 e. The van der Waals surface area contributed by atoms with Gasteiger partial charge in [0, 0.05) is 12.5 Å². The summed E-state index contributed by atoms with van der Waals surface area (Å²) in [6.45, 7) is 1.26. The van der Waals surface area contributed by atoms with E-state index in [1.807, 2.05) is 48.5 Å². The van der Waals surface area contributed by atoms with Crippen molar-refractivity contribution in [1.82, 2.24) is 15.5 Å². The first-order valence-electron chi connectivity index (χ1n) is 11.2. The molecule has 178 valence electrons. The lowest BCUT2D eigenvalue weighted by atomic mass is 9.98. The lowest BCUT2D eigenvalue weighted by Crippen LogP contribution is -2.53. The Kier molecular flexibility index (Phi) is 6.54. The van der Waals surface area contributed by atoms with E-state index in [0.29, 0.717) is 19.4 Å². The van der Waals surface area contributed by atoms with Gasteiger partial charge in [-0.15, -0.1) is 0 Å². The Labute approximate surface area is 197 Å². The summed E-state index contributed by atoms with van der Waals surface area (Å²) in [5.41, 5.74) is 3.15. The minimum Gasteiger partial charge on any atom is -0.480 e. The number of nitrogens with zero attached hydrogens (tertiary/aromatic N) is 1. The van der Waals surface area contributed by atoms with Crippen molar-refractivity contribution in [3.8, 4) is 11.1 Å². The highest BCUT2D eigenvalue weighted by atomic mass is 16.5. The van der Waals surface area contributed by atoms with Gasteiger partial charge in [-0.2, -0.15) is 0 Å². The van der Waals surface area contributed by atoms with Gasteiger partial charge in [0.1, 0.15) is 18.7 Å². The molecule has 1 fully saturated rings. The molecular weight excluding hydrogens is 438 g/mol. The van der Waals surface area contributed by atoms with Crippen molar-refractivity contribution in [2.24, 2.45) is 0 Å². The molecule has 1 heterocycles. The fourth-order valence-electron chi connectivity index (χ4n) is 4.72. The second kappa shape index (κ2) is 9.54. The SMILES string of the molecule is C[C@@]1(C(=O)O)CCCN1C(=O)CNC(=O)CNC(=O)OCC1c2ccccc2-c2ccccc21. The summed E-state index contributed by atoms with van der Waals surface area (Å²) < 4.78 is 5.38. The number of carboxylic acid groups (broad SMARTS) is 1. The third-order valence-electron chi connectivity index (χ3n) is 6.58. The lowest BCUT2D eigenvalue weighted by molar-refractivity contribution is -0.155. The van der Waals surface area contributed by atoms with E-state index < -0.39 is 29.4 Å². The number of nitrogens with one attached hydrogen (secondary N) is 2. The largest absolute Gasteiger partial charge is 0.480 e. The second-order valence-corrected chi connectivity index (χ2v) is 8.68. The molecule has 3 N–H and O–H groups in total. The van der Waals surface area contributed by atoms with Crippen LogP contribution in [-0.2, 0) is 19.1 Å². The Bertz CT molecular complexity index is 1090. The number of fused-ring (bicyclic) bond motifs is 3. The fourth-order valence-corrected chi connectivity index (χ4v) is 4.72. The molecule has 34 heavy (non-hydrogen) atoms. The fraction of sp³-hybridized carbons (Fsp3) is 0.360. The number of alkyl carbamates (subject to hydrolysis) is 1. The average molecular weight is 466 g/mol. The summed E-state index contributed by atoms with van der Waals surface area (Å²) in [6, 6.07) is 16.0. The van der Waals surface area contributed by atoms with Crippen molar-refractivity contribution in [1.29, 1.82) is 0 Å². The molecule has 0 spiro atoms. The number of likely N-dealkylation sites (tertiary alicyclic amines) is 1. The van der Waals surface area contributed by atoms with Crippen molar-refractivity contribution >= 4 is 23.9 Å². The molecular formula is C25H27N3O6. The Morgan fingerprint density at radius 3 is 2.24 bits per heavy atom. The molecule has 1 atom stereocenters. The van der Waals surface area contributed by atoms with Gasteiger partial charge in [-0.1, -0.05) is 48.5 Å². The van der Waals surface area contributed by atoms with Crippen LogP contribution in [0.15, 0.2) is 48.5 Å². The number of ether oxygens (including phenoxy) is 1. The molecule has 0 bridgehead atoms. The van der Waals surface area contributed by atoms with Crippen LogP contribution in [0.3, 0.4) is 0 Å². The first-order valence-corrected chi connectivity index (χ1v) is 11.2.